The number of amides is 2. The summed E-state index contributed by atoms with van der Waals surface area (Å²) in [4.78, 5) is 26.8. The topological polar surface area (TPSA) is 71.1 Å². The summed E-state index contributed by atoms with van der Waals surface area (Å²) in [6, 6.07) is 5.63. The molecule has 2 rings (SSSR count). The third kappa shape index (κ3) is 3.35. The van der Waals surface area contributed by atoms with E-state index >= 15 is 0 Å². The van der Waals surface area contributed by atoms with Crippen LogP contribution >= 0.6 is 0 Å². The van der Waals surface area contributed by atoms with Gasteiger partial charge in [-0.05, 0) is 24.3 Å². The van der Waals surface area contributed by atoms with E-state index in [-0.39, 0.29) is 0 Å². The zero-order chi connectivity index (χ0) is 14.5. The molecule has 0 aliphatic rings. The molecule has 2 aromatic rings. The van der Waals surface area contributed by atoms with Crippen LogP contribution in [-0.4, -0.2) is 16.8 Å². The Morgan fingerprint density at radius 2 is 1.80 bits per heavy atom. The summed E-state index contributed by atoms with van der Waals surface area (Å²) in [7, 11) is 0. The Hall–Kier alpha value is -2.83. The Labute approximate surface area is 112 Å². The van der Waals surface area contributed by atoms with E-state index in [0.29, 0.717) is 5.69 Å². The Morgan fingerprint density at radius 1 is 1.05 bits per heavy atom. The molecular weight excluding hydrogens is 268 g/mol. The molecule has 1 aromatic carbocycles. The second kappa shape index (κ2) is 5.87. The first-order valence-electron chi connectivity index (χ1n) is 5.53. The molecule has 0 unspecified atom stereocenters. The number of hydrogen-bond donors (Lipinski definition) is 2. The van der Waals surface area contributed by atoms with Gasteiger partial charge < -0.3 is 10.6 Å². The zero-order valence-electron chi connectivity index (χ0n) is 10.1. The predicted molar refractivity (Wildman–Crippen MR) is 67.9 cm³/mol. The number of carbonyl (C=O) groups excluding carboxylic acids is 2. The molecule has 1 heterocycles. The highest BCUT2D eigenvalue weighted by molar-refractivity contribution is 6.43. The van der Waals surface area contributed by atoms with Crippen LogP contribution in [0.1, 0.15) is 0 Å². The normalized spacial score (nSPS) is 9.90. The Morgan fingerprint density at radius 3 is 2.50 bits per heavy atom. The molecule has 0 fully saturated rings. The lowest BCUT2D eigenvalue weighted by Gasteiger charge is -2.07. The fourth-order valence-corrected chi connectivity index (χ4v) is 1.40. The maximum absolute atomic E-state index is 13.3. The maximum atomic E-state index is 13.3. The van der Waals surface area contributed by atoms with E-state index in [9.17, 15) is 18.4 Å². The van der Waals surface area contributed by atoms with Crippen LogP contribution in [0.5, 0.6) is 0 Å². The number of pyridine rings is 1. The van der Waals surface area contributed by atoms with Gasteiger partial charge in [0.15, 0.2) is 0 Å². The summed E-state index contributed by atoms with van der Waals surface area (Å²) >= 11 is 0. The number of nitrogens with zero attached hydrogens (tertiary/aromatic N) is 1. The lowest BCUT2D eigenvalue weighted by atomic mass is 10.3. The van der Waals surface area contributed by atoms with Crippen LogP contribution in [0, 0.1) is 11.6 Å². The largest absolute Gasteiger partial charge is 0.316 e. The molecule has 2 N–H and O–H groups in total. The van der Waals surface area contributed by atoms with Gasteiger partial charge in [0.05, 0.1) is 17.6 Å². The van der Waals surface area contributed by atoms with Crippen molar-refractivity contribution in [2.45, 2.75) is 0 Å². The highest BCUT2D eigenvalue weighted by Gasteiger charge is 2.16. The van der Waals surface area contributed by atoms with Crippen molar-refractivity contribution in [1.82, 2.24) is 4.98 Å². The average molecular weight is 277 g/mol. The van der Waals surface area contributed by atoms with Crippen molar-refractivity contribution in [2.75, 3.05) is 10.6 Å². The van der Waals surface area contributed by atoms with E-state index in [0.717, 1.165) is 18.2 Å². The van der Waals surface area contributed by atoms with Crippen LogP contribution in [0.3, 0.4) is 0 Å². The number of benzene rings is 1. The van der Waals surface area contributed by atoms with Gasteiger partial charge in [-0.1, -0.05) is 0 Å². The number of aromatic nitrogens is 1. The number of anilines is 2. The molecule has 0 saturated carbocycles. The molecule has 0 saturated heterocycles. The van der Waals surface area contributed by atoms with Gasteiger partial charge in [0.25, 0.3) is 0 Å². The maximum Gasteiger partial charge on any atom is 0.314 e. The molecule has 0 spiro atoms. The first kappa shape index (κ1) is 13.6. The van der Waals surface area contributed by atoms with Crippen molar-refractivity contribution < 1.29 is 18.4 Å². The predicted octanol–water partition coefficient (Wildman–Crippen LogP) is 1.94. The van der Waals surface area contributed by atoms with Crippen LogP contribution in [0.4, 0.5) is 20.2 Å². The van der Waals surface area contributed by atoms with Crippen molar-refractivity contribution in [3.8, 4) is 0 Å². The molecule has 1 aromatic heterocycles. The van der Waals surface area contributed by atoms with E-state index < -0.39 is 29.1 Å². The fourth-order valence-electron chi connectivity index (χ4n) is 1.40. The van der Waals surface area contributed by atoms with Gasteiger partial charge in [-0.2, -0.15) is 0 Å². The van der Waals surface area contributed by atoms with Crippen LogP contribution in [0.25, 0.3) is 0 Å². The third-order valence-corrected chi connectivity index (χ3v) is 2.30. The van der Waals surface area contributed by atoms with Gasteiger partial charge in [-0.3, -0.25) is 14.6 Å². The van der Waals surface area contributed by atoms with Gasteiger partial charge in [0, 0.05) is 12.3 Å². The minimum atomic E-state index is -1.11. The van der Waals surface area contributed by atoms with Gasteiger partial charge in [0.1, 0.15) is 11.6 Å². The smallest absolute Gasteiger partial charge is 0.314 e. The average Bonchev–Trinajstić information content (AvgIpc) is 2.44. The Balaban J connectivity index is 2.04. The van der Waals surface area contributed by atoms with E-state index in [1.54, 1.807) is 6.07 Å². The monoisotopic (exact) mass is 277 g/mol. The molecule has 7 heteroatoms. The van der Waals surface area contributed by atoms with Gasteiger partial charge in [0.2, 0.25) is 0 Å². The molecular formula is C13H9F2N3O2. The molecule has 0 aliphatic heterocycles. The van der Waals surface area contributed by atoms with Crippen LogP contribution in [0.2, 0.25) is 0 Å². The number of hydrogen-bond acceptors (Lipinski definition) is 3. The van der Waals surface area contributed by atoms with Crippen molar-refractivity contribution >= 4 is 23.2 Å². The number of nitrogens with one attached hydrogen (secondary N) is 2. The standard InChI is InChI=1S/C13H9F2N3O2/c14-8-3-4-10(15)11(6-8)18-13(20)12(19)17-9-2-1-5-16-7-9/h1-7H,(H,17,19)(H,18,20). The minimum Gasteiger partial charge on any atom is -0.316 e. The molecule has 5 nitrogen and oxygen atoms in total. The van der Waals surface area contributed by atoms with E-state index in [1.165, 1.54) is 18.5 Å². The van der Waals surface area contributed by atoms with E-state index in [4.69, 9.17) is 0 Å². The third-order valence-electron chi connectivity index (χ3n) is 2.30. The summed E-state index contributed by atoms with van der Waals surface area (Å²) in [5.74, 6) is -3.69. The van der Waals surface area contributed by atoms with E-state index in [2.05, 4.69) is 10.3 Å². The Bertz CT molecular complexity index is 647. The van der Waals surface area contributed by atoms with Gasteiger partial charge in [-0.15, -0.1) is 0 Å². The van der Waals surface area contributed by atoms with E-state index in [1.807, 2.05) is 5.32 Å². The molecule has 20 heavy (non-hydrogen) atoms. The summed E-state index contributed by atoms with van der Waals surface area (Å²) in [6.45, 7) is 0. The number of rotatable bonds is 2. The highest BCUT2D eigenvalue weighted by atomic mass is 19.1. The van der Waals surface area contributed by atoms with Crippen LogP contribution in [-0.2, 0) is 9.59 Å². The quantitative estimate of drug-likeness (QED) is 0.824. The second-order valence-electron chi connectivity index (χ2n) is 3.77. The van der Waals surface area contributed by atoms with Crippen LogP contribution < -0.4 is 10.6 Å². The minimum absolute atomic E-state index is 0.312. The number of halogens is 2. The van der Waals surface area contributed by atoms with Crippen molar-refractivity contribution in [2.24, 2.45) is 0 Å². The molecule has 0 aliphatic carbocycles. The first-order valence-corrected chi connectivity index (χ1v) is 5.53. The summed E-state index contributed by atoms with van der Waals surface area (Å²) in [6.07, 6.45) is 2.84. The van der Waals surface area contributed by atoms with Crippen molar-refractivity contribution in [3.63, 3.8) is 0 Å². The first-order chi connectivity index (χ1) is 9.56. The van der Waals surface area contributed by atoms with Crippen molar-refractivity contribution in [3.05, 3.63) is 54.4 Å². The lowest BCUT2D eigenvalue weighted by molar-refractivity contribution is -0.133. The summed E-state index contributed by atoms with van der Waals surface area (Å²) in [5, 5.41) is 4.25. The second-order valence-corrected chi connectivity index (χ2v) is 3.77. The van der Waals surface area contributed by atoms with Gasteiger partial charge >= 0.3 is 11.8 Å². The van der Waals surface area contributed by atoms with Gasteiger partial charge in [-0.25, -0.2) is 8.78 Å². The molecule has 0 bridgehead atoms. The Kier molecular flexibility index (Phi) is 3.99. The molecule has 102 valence electrons. The molecule has 0 radical (unpaired) electrons. The molecule has 0 atom stereocenters. The SMILES string of the molecule is O=C(Nc1cccnc1)C(=O)Nc1cc(F)ccc1F. The zero-order valence-corrected chi connectivity index (χ0v) is 10.1. The van der Waals surface area contributed by atoms with Crippen LogP contribution in [0.15, 0.2) is 42.7 Å². The summed E-state index contributed by atoms with van der Waals surface area (Å²) < 4.78 is 26.2. The molecule has 2 amide bonds. The fraction of sp³-hybridized carbons (Fsp3) is 0. The lowest BCUT2D eigenvalue weighted by Crippen LogP contribution is -2.29. The highest BCUT2D eigenvalue weighted by Crippen LogP contribution is 2.15. The summed E-state index contributed by atoms with van der Waals surface area (Å²) in [5.41, 5.74) is -0.0938. The van der Waals surface area contributed by atoms with Crippen molar-refractivity contribution in [1.29, 1.82) is 0 Å². The number of carbonyl (C=O) groups is 2.